The van der Waals surface area contributed by atoms with Gasteiger partial charge < -0.3 is 4.74 Å². The van der Waals surface area contributed by atoms with Gasteiger partial charge in [0.15, 0.2) is 0 Å². The minimum Gasteiger partial charge on any atom is -0.434 e. The van der Waals surface area contributed by atoms with E-state index in [4.69, 9.17) is 0 Å². The minimum atomic E-state index is -2.84. The first-order valence-electron chi connectivity index (χ1n) is 7.71. The summed E-state index contributed by atoms with van der Waals surface area (Å²) in [5.74, 6) is 0.153. The number of hydrogen-bond donors (Lipinski definition) is 0. The Morgan fingerprint density at radius 2 is 1.72 bits per heavy atom. The van der Waals surface area contributed by atoms with Crippen LogP contribution in [0.1, 0.15) is 10.6 Å². The van der Waals surface area contributed by atoms with Crippen molar-refractivity contribution in [2.75, 3.05) is 0 Å². The van der Waals surface area contributed by atoms with Crippen LogP contribution < -0.4 is 4.74 Å². The van der Waals surface area contributed by atoms with Crippen LogP contribution in [0.5, 0.6) is 5.75 Å². The largest absolute Gasteiger partial charge is 0.434 e. The van der Waals surface area contributed by atoms with E-state index < -0.39 is 6.61 Å². The zero-order valence-corrected chi connectivity index (χ0v) is 13.8. The Labute approximate surface area is 147 Å². The van der Waals surface area contributed by atoms with Crippen molar-refractivity contribution in [1.29, 1.82) is 0 Å². The number of thiazole rings is 1. The smallest absolute Gasteiger partial charge is 0.387 e. The normalized spacial score (nSPS) is 11.8. The Balaban J connectivity index is 1.72. The number of halogens is 2. The molecule has 0 aliphatic rings. The molecule has 0 aliphatic carbocycles. The number of nitrogens with zero attached hydrogens (tertiary/aromatic N) is 1. The second-order valence-electron chi connectivity index (χ2n) is 5.44. The third kappa shape index (κ3) is 3.23. The molecule has 0 bridgehead atoms. The lowest BCUT2D eigenvalue weighted by Gasteiger charge is -2.06. The van der Waals surface area contributed by atoms with Crippen molar-refractivity contribution in [2.45, 2.75) is 6.61 Å². The quantitative estimate of drug-likeness (QED) is 0.434. The summed E-state index contributed by atoms with van der Waals surface area (Å²) >= 11 is 1.56. The summed E-state index contributed by atoms with van der Waals surface area (Å²) in [5, 5.41) is 3.07. The number of benzene rings is 3. The van der Waals surface area contributed by atoms with E-state index in [0.717, 1.165) is 26.0 Å². The maximum absolute atomic E-state index is 12.5. The van der Waals surface area contributed by atoms with Crippen LogP contribution in [0, 0.1) is 0 Å². The molecule has 3 aromatic carbocycles. The van der Waals surface area contributed by atoms with Crippen molar-refractivity contribution in [1.82, 2.24) is 4.98 Å². The van der Waals surface area contributed by atoms with Gasteiger partial charge in [-0.2, -0.15) is 8.78 Å². The topological polar surface area (TPSA) is 22.1 Å². The molecule has 4 rings (SSSR count). The Morgan fingerprint density at radius 3 is 2.60 bits per heavy atom. The monoisotopic (exact) mass is 353 g/mol. The zero-order valence-electron chi connectivity index (χ0n) is 13.0. The van der Waals surface area contributed by atoms with Gasteiger partial charge in [0.05, 0.1) is 10.2 Å². The second-order valence-corrected chi connectivity index (χ2v) is 6.50. The molecule has 25 heavy (non-hydrogen) atoms. The number of rotatable bonds is 4. The SMILES string of the molecule is FC(F)Oc1ccccc1/C=C/c1nc2c(ccc3ccccc32)s1. The molecule has 0 radical (unpaired) electrons. The average molecular weight is 353 g/mol. The first-order chi connectivity index (χ1) is 12.2. The molecule has 1 heterocycles. The molecule has 124 valence electrons. The zero-order chi connectivity index (χ0) is 17.2. The van der Waals surface area contributed by atoms with Gasteiger partial charge in [0.25, 0.3) is 0 Å². The molecule has 0 unspecified atom stereocenters. The van der Waals surface area contributed by atoms with Gasteiger partial charge in [0.2, 0.25) is 0 Å². The highest BCUT2D eigenvalue weighted by Crippen LogP contribution is 2.30. The fourth-order valence-corrected chi connectivity index (χ4v) is 3.62. The first kappa shape index (κ1) is 15.7. The molecule has 0 saturated heterocycles. The van der Waals surface area contributed by atoms with Gasteiger partial charge in [-0.1, -0.05) is 48.5 Å². The summed E-state index contributed by atoms with van der Waals surface area (Å²) in [4.78, 5) is 4.69. The van der Waals surface area contributed by atoms with E-state index in [1.165, 1.54) is 6.07 Å². The molecule has 2 nitrogen and oxygen atoms in total. The Kier molecular flexibility index (Phi) is 4.15. The number of fused-ring (bicyclic) bond motifs is 3. The van der Waals surface area contributed by atoms with E-state index >= 15 is 0 Å². The van der Waals surface area contributed by atoms with E-state index in [1.54, 1.807) is 35.6 Å². The molecule has 0 saturated carbocycles. The highest BCUT2D eigenvalue weighted by molar-refractivity contribution is 7.19. The van der Waals surface area contributed by atoms with E-state index in [2.05, 4.69) is 34.0 Å². The first-order valence-corrected chi connectivity index (χ1v) is 8.52. The summed E-state index contributed by atoms with van der Waals surface area (Å²) in [7, 11) is 0. The standard InChI is InChI=1S/C20H13F2NOS/c21-20(22)24-16-8-4-2-6-14(16)10-12-18-23-19-15-7-3-1-5-13(15)9-11-17(19)25-18/h1-12,20H/b12-10+. The van der Waals surface area contributed by atoms with Crippen molar-refractivity contribution >= 4 is 44.5 Å². The minimum absolute atomic E-state index is 0.153. The fraction of sp³-hybridized carbons (Fsp3) is 0.0500. The van der Waals surface area contributed by atoms with Gasteiger partial charge in [0, 0.05) is 10.9 Å². The summed E-state index contributed by atoms with van der Waals surface area (Å²) in [6.07, 6.45) is 3.57. The maximum atomic E-state index is 12.5. The highest BCUT2D eigenvalue weighted by Gasteiger charge is 2.08. The summed E-state index contributed by atoms with van der Waals surface area (Å²) in [6.45, 7) is -2.84. The highest BCUT2D eigenvalue weighted by atomic mass is 32.1. The Hall–Kier alpha value is -2.79. The van der Waals surface area contributed by atoms with E-state index in [1.807, 2.05) is 18.2 Å². The average Bonchev–Trinajstić information content (AvgIpc) is 3.04. The number of para-hydroxylation sites is 1. The Morgan fingerprint density at radius 1 is 0.920 bits per heavy atom. The van der Waals surface area contributed by atoms with E-state index in [0.29, 0.717) is 5.56 Å². The molecule has 0 amide bonds. The van der Waals surface area contributed by atoms with Crippen molar-refractivity contribution in [3.8, 4) is 5.75 Å². The van der Waals surface area contributed by atoms with Crippen LogP contribution in [0.25, 0.3) is 33.1 Å². The van der Waals surface area contributed by atoms with Crippen LogP contribution in [-0.2, 0) is 0 Å². The van der Waals surface area contributed by atoms with Crippen LogP contribution in [0.4, 0.5) is 8.78 Å². The van der Waals surface area contributed by atoms with Crippen LogP contribution in [0.15, 0.2) is 60.7 Å². The summed E-state index contributed by atoms with van der Waals surface area (Å²) in [5.41, 5.74) is 1.55. The number of alkyl halides is 2. The fourth-order valence-electron chi connectivity index (χ4n) is 2.73. The van der Waals surface area contributed by atoms with Gasteiger partial charge in [-0.3, -0.25) is 0 Å². The van der Waals surface area contributed by atoms with Gasteiger partial charge in [-0.15, -0.1) is 11.3 Å². The molecular weight excluding hydrogens is 340 g/mol. The molecule has 1 aromatic heterocycles. The molecule has 5 heteroatoms. The van der Waals surface area contributed by atoms with Gasteiger partial charge in [-0.25, -0.2) is 4.98 Å². The van der Waals surface area contributed by atoms with Crippen LogP contribution in [0.3, 0.4) is 0 Å². The van der Waals surface area contributed by atoms with Crippen molar-refractivity contribution in [2.24, 2.45) is 0 Å². The Bertz CT molecular complexity index is 1070. The number of ether oxygens (including phenoxy) is 1. The van der Waals surface area contributed by atoms with Gasteiger partial charge in [-0.05, 0) is 29.7 Å². The molecule has 0 N–H and O–H groups in total. The number of aromatic nitrogens is 1. The molecule has 0 spiro atoms. The lowest BCUT2D eigenvalue weighted by atomic mass is 10.1. The van der Waals surface area contributed by atoms with Crippen molar-refractivity contribution in [3.63, 3.8) is 0 Å². The van der Waals surface area contributed by atoms with E-state index in [9.17, 15) is 8.78 Å². The summed E-state index contributed by atoms with van der Waals surface area (Å²) < 4.78 is 30.6. The lowest BCUT2D eigenvalue weighted by molar-refractivity contribution is -0.0499. The molecule has 0 atom stereocenters. The third-order valence-corrected chi connectivity index (χ3v) is 4.83. The van der Waals surface area contributed by atoms with Crippen molar-refractivity contribution in [3.05, 3.63) is 71.2 Å². The predicted molar refractivity (Wildman–Crippen MR) is 99.1 cm³/mol. The van der Waals surface area contributed by atoms with Crippen LogP contribution in [0.2, 0.25) is 0 Å². The predicted octanol–water partition coefficient (Wildman–Crippen LogP) is 6.22. The molecule has 0 aliphatic heterocycles. The van der Waals surface area contributed by atoms with Crippen LogP contribution in [-0.4, -0.2) is 11.6 Å². The van der Waals surface area contributed by atoms with Crippen LogP contribution >= 0.6 is 11.3 Å². The summed E-state index contributed by atoms with van der Waals surface area (Å²) in [6, 6.07) is 18.9. The molecule has 4 aromatic rings. The number of hydrogen-bond acceptors (Lipinski definition) is 3. The van der Waals surface area contributed by atoms with Gasteiger partial charge in [0.1, 0.15) is 10.8 Å². The molecule has 0 fully saturated rings. The van der Waals surface area contributed by atoms with E-state index in [-0.39, 0.29) is 5.75 Å². The van der Waals surface area contributed by atoms with Gasteiger partial charge >= 0.3 is 6.61 Å². The maximum Gasteiger partial charge on any atom is 0.387 e. The van der Waals surface area contributed by atoms with Crippen molar-refractivity contribution < 1.29 is 13.5 Å². The molecular formula is C20H13F2NOS. The second kappa shape index (κ2) is 6.61. The lowest BCUT2D eigenvalue weighted by Crippen LogP contribution is -2.02. The third-order valence-electron chi connectivity index (χ3n) is 3.84.